The van der Waals surface area contributed by atoms with Gasteiger partial charge in [0.1, 0.15) is 6.04 Å². The molecule has 0 aromatic carbocycles. The van der Waals surface area contributed by atoms with Crippen LogP contribution < -0.4 is 5.73 Å². The highest BCUT2D eigenvalue weighted by Gasteiger charge is 2.23. The van der Waals surface area contributed by atoms with Crippen molar-refractivity contribution >= 4 is 5.97 Å². The summed E-state index contributed by atoms with van der Waals surface area (Å²) in [7, 11) is 0. The molecule has 4 heteroatoms. The second-order valence-corrected chi connectivity index (χ2v) is 3.23. The Labute approximate surface area is 78.4 Å². The van der Waals surface area contributed by atoms with Gasteiger partial charge in [-0.05, 0) is 26.2 Å². The fourth-order valence-corrected chi connectivity index (χ4v) is 1.46. The third-order valence-corrected chi connectivity index (χ3v) is 2.13. The van der Waals surface area contributed by atoms with Crippen molar-refractivity contribution in [3.63, 3.8) is 0 Å². The van der Waals surface area contributed by atoms with Crippen molar-refractivity contribution < 1.29 is 14.3 Å². The monoisotopic (exact) mass is 187 g/mol. The molecule has 1 rings (SSSR count). The van der Waals surface area contributed by atoms with Crippen LogP contribution in [-0.2, 0) is 14.3 Å². The Balaban J connectivity index is 2.22. The van der Waals surface area contributed by atoms with Crippen molar-refractivity contribution in [1.82, 2.24) is 0 Å². The molecule has 0 unspecified atom stereocenters. The largest absolute Gasteiger partial charge is 0.465 e. The van der Waals surface area contributed by atoms with Crippen LogP contribution in [0, 0.1) is 0 Å². The van der Waals surface area contributed by atoms with Gasteiger partial charge in [-0.2, -0.15) is 0 Å². The molecule has 0 aromatic heterocycles. The lowest BCUT2D eigenvalue weighted by atomic mass is 10.1. The van der Waals surface area contributed by atoms with E-state index in [4.69, 9.17) is 15.2 Å². The van der Waals surface area contributed by atoms with Crippen LogP contribution in [0.3, 0.4) is 0 Å². The number of ether oxygens (including phenoxy) is 2. The summed E-state index contributed by atoms with van der Waals surface area (Å²) in [5, 5.41) is 0. The van der Waals surface area contributed by atoms with Crippen LogP contribution in [-0.4, -0.2) is 31.3 Å². The van der Waals surface area contributed by atoms with E-state index in [-0.39, 0.29) is 12.1 Å². The SMILES string of the molecule is CCOC(=O)[C@@H](N)C[C@H]1CCCO1. The fourth-order valence-electron chi connectivity index (χ4n) is 1.46. The first-order chi connectivity index (χ1) is 6.24. The molecular weight excluding hydrogens is 170 g/mol. The maximum absolute atomic E-state index is 11.1. The molecule has 1 aliphatic rings. The Morgan fingerprint density at radius 1 is 1.77 bits per heavy atom. The van der Waals surface area contributed by atoms with Crippen molar-refractivity contribution in [2.24, 2.45) is 5.73 Å². The lowest BCUT2D eigenvalue weighted by Crippen LogP contribution is -2.35. The highest BCUT2D eigenvalue weighted by Crippen LogP contribution is 2.16. The minimum absolute atomic E-state index is 0.152. The standard InChI is InChI=1S/C9H17NO3/c1-2-12-9(11)8(10)6-7-4-3-5-13-7/h7-8H,2-6,10H2,1H3/t7-,8+/m1/s1. The third-order valence-electron chi connectivity index (χ3n) is 2.13. The predicted octanol–water partition coefficient (Wildman–Crippen LogP) is 0.446. The van der Waals surface area contributed by atoms with E-state index in [1.165, 1.54) is 0 Å². The minimum Gasteiger partial charge on any atom is -0.465 e. The quantitative estimate of drug-likeness (QED) is 0.649. The van der Waals surface area contributed by atoms with Gasteiger partial charge < -0.3 is 15.2 Å². The number of hydrogen-bond donors (Lipinski definition) is 1. The molecule has 0 spiro atoms. The van der Waals surface area contributed by atoms with E-state index in [9.17, 15) is 4.79 Å². The number of nitrogens with two attached hydrogens (primary N) is 1. The molecule has 2 N–H and O–H groups in total. The zero-order chi connectivity index (χ0) is 9.68. The maximum Gasteiger partial charge on any atom is 0.322 e. The Morgan fingerprint density at radius 2 is 2.54 bits per heavy atom. The molecule has 0 aliphatic carbocycles. The number of carbonyl (C=O) groups is 1. The van der Waals surface area contributed by atoms with E-state index in [0.29, 0.717) is 13.0 Å². The average molecular weight is 187 g/mol. The van der Waals surface area contributed by atoms with Crippen molar-refractivity contribution in [2.75, 3.05) is 13.2 Å². The molecule has 1 heterocycles. The van der Waals surface area contributed by atoms with Gasteiger partial charge >= 0.3 is 5.97 Å². The van der Waals surface area contributed by atoms with Crippen LogP contribution in [0.15, 0.2) is 0 Å². The van der Waals surface area contributed by atoms with Gasteiger partial charge in [0, 0.05) is 6.61 Å². The van der Waals surface area contributed by atoms with E-state index < -0.39 is 6.04 Å². The van der Waals surface area contributed by atoms with Crippen LogP contribution in [0.25, 0.3) is 0 Å². The van der Waals surface area contributed by atoms with Crippen LogP contribution >= 0.6 is 0 Å². The topological polar surface area (TPSA) is 61.5 Å². The predicted molar refractivity (Wildman–Crippen MR) is 48.2 cm³/mol. The summed E-state index contributed by atoms with van der Waals surface area (Å²) in [5.74, 6) is -0.321. The number of hydrogen-bond acceptors (Lipinski definition) is 4. The summed E-state index contributed by atoms with van der Waals surface area (Å²) in [6.45, 7) is 2.95. The lowest BCUT2D eigenvalue weighted by molar-refractivity contribution is -0.145. The van der Waals surface area contributed by atoms with E-state index >= 15 is 0 Å². The summed E-state index contributed by atoms with van der Waals surface area (Å²) < 4.78 is 10.2. The van der Waals surface area contributed by atoms with Gasteiger partial charge in [0.15, 0.2) is 0 Å². The number of esters is 1. The van der Waals surface area contributed by atoms with Gasteiger partial charge in [0.2, 0.25) is 0 Å². The smallest absolute Gasteiger partial charge is 0.322 e. The Hall–Kier alpha value is -0.610. The van der Waals surface area contributed by atoms with Crippen molar-refractivity contribution in [2.45, 2.75) is 38.3 Å². The Bertz CT molecular complexity index is 166. The Morgan fingerprint density at radius 3 is 3.08 bits per heavy atom. The Kier molecular flexibility index (Phi) is 4.18. The molecule has 1 saturated heterocycles. The summed E-state index contributed by atoms with van der Waals surface area (Å²) in [6.07, 6.45) is 2.81. The molecule has 0 bridgehead atoms. The maximum atomic E-state index is 11.1. The van der Waals surface area contributed by atoms with Crippen LogP contribution in [0.2, 0.25) is 0 Å². The van der Waals surface area contributed by atoms with Gasteiger partial charge in [-0.25, -0.2) is 0 Å². The number of carbonyl (C=O) groups excluding carboxylic acids is 1. The molecule has 4 nitrogen and oxygen atoms in total. The summed E-state index contributed by atoms with van der Waals surface area (Å²) in [5.41, 5.74) is 5.63. The third kappa shape index (κ3) is 3.32. The first kappa shape index (κ1) is 10.5. The van der Waals surface area contributed by atoms with Gasteiger partial charge in [0.05, 0.1) is 12.7 Å². The van der Waals surface area contributed by atoms with Crippen molar-refractivity contribution in [1.29, 1.82) is 0 Å². The normalized spacial score (nSPS) is 24.3. The molecule has 0 saturated carbocycles. The zero-order valence-corrected chi connectivity index (χ0v) is 7.99. The highest BCUT2D eigenvalue weighted by molar-refractivity contribution is 5.75. The molecule has 1 fully saturated rings. The molecule has 1 aliphatic heterocycles. The highest BCUT2D eigenvalue weighted by atomic mass is 16.5. The second kappa shape index (κ2) is 5.19. The van der Waals surface area contributed by atoms with Crippen LogP contribution in [0.1, 0.15) is 26.2 Å². The lowest BCUT2D eigenvalue weighted by Gasteiger charge is -2.14. The van der Waals surface area contributed by atoms with Gasteiger partial charge in [-0.3, -0.25) is 4.79 Å². The molecule has 0 amide bonds. The summed E-state index contributed by atoms with van der Waals surface area (Å²) in [6, 6.07) is -0.525. The van der Waals surface area contributed by atoms with Crippen molar-refractivity contribution in [3.05, 3.63) is 0 Å². The van der Waals surface area contributed by atoms with Gasteiger partial charge in [-0.1, -0.05) is 0 Å². The average Bonchev–Trinajstić information content (AvgIpc) is 2.57. The molecule has 13 heavy (non-hydrogen) atoms. The minimum atomic E-state index is -0.525. The van der Waals surface area contributed by atoms with Crippen molar-refractivity contribution in [3.8, 4) is 0 Å². The molecule has 0 aromatic rings. The first-order valence-electron chi connectivity index (χ1n) is 4.78. The van der Waals surface area contributed by atoms with E-state index in [1.54, 1.807) is 6.92 Å². The van der Waals surface area contributed by atoms with E-state index in [1.807, 2.05) is 0 Å². The zero-order valence-electron chi connectivity index (χ0n) is 7.99. The molecular formula is C9H17NO3. The second-order valence-electron chi connectivity index (χ2n) is 3.23. The van der Waals surface area contributed by atoms with Gasteiger partial charge in [0.25, 0.3) is 0 Å². The summed E-state index contributed by atoms with van der Waals surface area (Å²) >= 11 is 0. The van der Waals surface area contributed by atoms with E-state index in [0.717, 1.165) is 19.4 Å². The molecule has 76 valence electrons. The fraction of sp³-hybridized carbons (Fsp3) is 0.889. The van der Waals surface area contributed by atoms with Crippen LogP contribution in [0.4, 0.5) is 0 Å². The summed E-state index contributed by atoms with van der Waals surface area (Å²) in [4.78, 5) is 11.1. The first-order valence-corrected chi connectivity index (χ1v) is 4.78. The van der Waals surface area contributed by atoms with Gasteiger partial charge in [-0.15, -0.1) is 0 Å². The molecule has 2 atom stereocenters. The molecule has 0 radical (unpaired) electrons. The van der Waals surface area contributed by atoms with Crippen LogP contribution in [0.5, 0.6) is 0 Å². The number of rotatable bonds is 4. The van der Waals surface area contributed by atoms with E-state index in [2.05, 4.69) is 0 Å².